The van der Waals surface area contributed by atoms with E-state index in [1.165, 1.54) is 0 Å². The van der Waals surface area contributed by atoms with Crippen LogP contribution in [0.2, 0.25) is 0 Å². The van der Waals surface area contributed by atoms with Crippen molar-refractivity contribution >= 4 is 28.3 Å². The molecule has 0 bridgehead atoms. The highest BCUT2D eigenvalue weighted by Crippen LogP contribution is 2.27. The van der Waals surface area contributed by atoms with Crippen LogP contribution in [0.3, 0.4) is 0 Å². The van der Waals surface area contributed by atoms with Crippen LogP contribution in [0.25, 0.3) is 0 Å². The van der Waals surface area contributed by atoms with E-state index < -0.39 is 0 Å². The lowest BCUT2D eigenvalue weighted by atomic mass is 10.0. The van der Waals surface area contributed by atoms with Crippen LogP contribution in [0.1, 0.15) is 16.8 Å². The van der Waals surface area contributed by atoms with E-state index in [0.717, 1.165) is 16.3 Å². The number of rotatable bonds is 0. The normalized spacial score (nSPS) is 15.2. The first-order valence-corrected chi connectivity index (χ1v) is 5.27. The molecule has 66 valence electrons. The summed E-state index contributed by atoms with van der Waals surface area (Å²) in [6.45, 7) is 0. The molecule has 1 aromatic carbocycles. The first-order valence-electron chi connectivity index (χ1n) is 4.05. The third-order valence-electron chi connectivity index (χ3n) is 2.00. The van der Waals surface area contributed by atoms with E-state index in [-0.39, 0.29) is 5.78 Å². The second-order valence-corrected chi connectivity index (χ2v) is 3.71. The molecule has 0 fully saturated rings. The van der Waals surface area contributed by atoms with Crippen LogP contribution in [0, 0.1) is 0 Å². The Morgan fingerprint density at radius 3 is 2.92 bits per heavy atom. The quantitative estimate of drug-likeness (QED) is 0.631. The van der Waals surface area contributed by atoms with Gasteiger partial charge in [-0.1, -0.05) is 12.1 Å². The zero-order chi connectivity index (χ0) is 9.26. The van der Waals surface area contributed by atoms with E-state index in [1.807, 2.05) is 30.5 Å². The Labute approximate surface area is 81.1 Å². The van der Waals surface area contributed by atoms with Crippen molar-refractivity contribution in [1.29, 1.82) is 0 Å². The maximum atomic E-state index is 11.6. The molecule has 0 N–H and O–H groups in total. The molecule has 0 saturated heterocycles. The van der Waals surface area contributed by atoms with Gasteiger partial charge in [0.25, 0.3) is 0 Å². The number of carbonyl (C=O) groups is 1. The zero-order valence-electron chi connectivity index (χ0n) is 7.28. The Balaban J connectivity index is 2.53. The molecule has 0 saturated carbocycles. The Hall–Kier alpha value is -1.09. The number of thioether (sulfide) groups is 1. The van der Waals surface area contributed by atoms with Crippen molar-refractivity contribution in [2.45, 2.75) is 6.42 Å². The summed E-state index contributed by atoms with van der Waals surface area (Å²) in [4.78, 5) is 15.9. The van der Waals surface area contributed by atoms with Gasteiger partial charge in [0.1, 0.15) is 0 Å². The van der Waals surface area contributed by atoms with Crippen LogP contribution in [0.15, 0.2) is 29.3 Å². The number of fused-ring (bicyclic) bond motifs is 1. The van der Waals surface area contributed by atoms with Crippen molar-refractivity contribution in [3.63, 3.8) is 0 Å². The van der Waals surface area contributed by atoms with Gasteiger partial charge < -0.3 is 0 Å². The first kappa shape index (κ1) is 8.51. The predicted octanol–water partition coefficient (Wildman–Crippen LogP) is 2.67. The lowest BCUT2D eigenvalue weighted by Crippen LogP contribution is -2.09. The Morgan fingerprint density at radius 1 is 1.38 bits per heavy atom. The molecule has 0 unspecified atom stereocenters. The van der Waals surface area contributed by atoms with E-state index in [1.54, 1.807) is 11.8 Å². The van der Waals surface area contributed by atoms with Crippen LogP contribution in [-0.2, 0) is 0 Å². The SMILES string of the molecule is CSC1=Nc2ccccc2C(=O)C1. The second kappa shape index (κ2) is 3.34. The standard InChI is InChI=1S/C10H9NOS/c1-13-10-6-9(12)7-4-2-3-5-8(7)11-10/h2-5H,6H2,1H3. The molecule has 0 atom stereocenters. The summed E-state index contributed by atoms with van der Waals surface area (Å²) in [5.41, 5.74) is 1.56. The first-order chi connectivity index (χ1) is 6.31. The van der Waals surface area contributed by atoms with Gasteiger partial charge in [-0.2, -0.15) is 0 Å². The molecule has 2 rings (SSSR count). The number of hydrogen-bond acceptors (Lipinski definition) is 3. The van der Waals surface area contributed by atoms with Crippen molar-refractivity contribution in [2.24, 2.45) is 4.99 Å². The third-order valence-corrected chi connectivity index (χ3v) is 2.70. The highest BCUT2D eigenvalue weighted by Gasteiger charge is 2.18. The molecule has 0 aromatic heterocycles. The van der Waals surface area contributed by atoms with Crippen molar-refractivity contribution in [3.8, 4) is 0 Å². The van der Waals surface area contributed by atoms with E-state index in [2.05, 4.69) is 4.99 Å². The minimum Gasteiger partial charge on any atom is -0.294 e. The predicted molar refractivity (Wildman–Crippen MR) is 56.0 cm³/mol. The van der Waals surface area contributed by atoms with Crippen molar-refractivity contribution in [1.82, 2.24) is 0 Å². The van der Waals surface area contributed by atoms with Gasteiger partial charge in [0.05, 0.1) is 17.2 Å². The van der Waals surface area contributed by atoms with E-state index >= 15 is 0 Å². The lowest BCUT2D eigenvalue weighted by molar-refractivity contribution is 0.100. The summed E-state index contributed by atoms with van der Waals surface area (Å²) in [5, 5.41) is 0.906. The molecule has 1 aliphatic heterocycles. The summed E-state index contributed by atoms with van der Waals surface area (Å²) in [5.74, 6) is 0.176. The highest BCUT2D eigenvalue weighted by atomic mass is 32.2. The summed E-state index contributed by atoms with van der Waals surface area (Å²) in [6, 6.07) is 7.48. The number of carbonyl (C=O) groups excluding carboxylic acids is 1. The molecular weight excluding hydrogens is 182 g/mol. The molecule has 0 amide bonds. The third kappa shape index (κ3) is 1.52. The summed E-state index contributed by atoms with van der Waals surface area (Å²) in [6.07, 6.45) is 2.40. The lowest BCUT2D eigenvalue weighted by Gasteiger charge is -2.11. The topological polar surface area (TPSA) is 29.4 Å². The van der Waals surface area contributed by atoms with Gasteiger partial charge in [-0.05, 0) is 18.4 Å². The molecule has 0 radical (unpaired) electrons. The van der Waals surface area contributed by atoms with Crippen LogP contribution >= 0.6 is 11.8 Å². The summed E-state index contributed by atoms with van der Waals surface area (Å²) < 4.78 is 0. The maximum Gasteiger partial charge on any atom is 0.171 e. The minimum absolute atomic E-state index is 0.176. The van der Waals surface area contributed by atoms with Gasteiger partial charge in [0, 0.05) is 5.56 Å². The van der Waals surface area contributed by atoms with Gasteiger partial charge in [-0.25, -0.2) is 4.99 Å². The second-order valence-electron chi connectivity index (χ2n) is 2.83. The number of aliphatic imine (C=N–C) groups is 1. The fraction of sp³-hybridized carbons (Fsp3) is 0.200. The van der Waals surface area contributed by atoms with Crippen LogP contribution < -0.4 is 0 Å². The van der Waals surface area contributed by atoms with Crippen LogP contribution in [0.5, 0.6) is 0 Å². The van der Waals surface area contributed by atoms with Gasteiger partial charge in [-0.3, -0.25) is 4.79 Å². The van der Waals surface area contributed by atoms with Crippen LogP contribution in [0.4, 0.5) is 5.69 Å². The van der Waals surface area contributed by atoms with Crippen molar-refractivity contribution < 1.29 is 4.79 Å². The van der Waals surface area contributed by atoms with Crippen LogP contribution in [-0.4, -0.2) is 17.1 Å². The largest absolute Gasteiger partial charge is 0.294 e. The van der Waals surface area contributed by atoms with Crippen molar-refractivity contribution in [3.05, 3.63) is 29.8 Å². The molecule has 0 aliphatic carbocycles. The smallest absolute Gasteiger partial charge is 0.171 e. The van der Waals surface area contributed by atoms with Gasteiger partial charge >= 0.3 is 0 Å². The highest BCUT2D eigenvalue weighted by molar-refractivity contribution is 8.13. The monoisotopic (exact) mass is 191 g/mol. The molecule has 0 spiro atoms. The number of Topliss-reactive ketones (excluding diaryl/α,β-unsaturated/α-hetero) is 1. The Kier molecular flexibility index (Phi) is 2.19. The molecule has 1 heterocycles. The number of hydrogen-bond donors (Lipinski definition) is 0. The molecule has 1 aromatic rings. The Bertz CT molecular complexity index is 384. The fourth-order valence-electron chi connectivity index (χ4n) is 1.33. The number of benzene rings is 1. The zero-order valence-corrected chi connectivity index (χ0v) is 8.10. The number of para-hydroxylation sites is 1. The molecule has 3 heteroatoms. The van der Waals surface area contributed by atoms with E-state index in [0.29, 0.717) is 6.42 Å². The van der Waals surface area contributed by atoms with E-state index in [4.69, 9.17) is 0 Å². The fourth-order valence-corrected chi connectivity index (χ4v) is 1.80. The summed E-state index contributed by atoms with van der Waals surface area (Å²) in [7, 11) is 0. The molecule has 13 heavy (non-hydrogen) atoms. The number of ketones is 1. The molecule has 1 aliphatic rings. The van der Waals surface area contributed by atoms with Gasteiger partial charge in [0.15, 0.2) is 5.78 Å². The average Bonchev–Trinajstić information content (AvgIpc) is 2.18. The van der Waals surface area contributed by atoms with Crippen molar-refractivity contribution in [2.75, 3.05) is 6.26 Å². The molecular formula is C10H9NOS. The molecule has 2 nitrogen and oxygen atoms in total. The van der Waals surface area contributed by atoms with Gasteiger partial charge in [0.2, 0.25) is 0 Å². The maximum absolute atomic E-state index is 11.6. The average molecular weight is 191 g/mol. The summed E-state index contributed by atoms with van der Waals surface area (Å²) >= 11 is 1.54. The minimum atomic E-state index is 0.176. The van der Waals surface area contributed by atoms with Gasteiger partial charge in [-0.15, -0.1) is 11.8 Å². The number of nitrogens with zero attached hydrogens (tertiary/aromatic N) is 1. The Morgan fingerprint density at radius 2 is 2.15 bits per heavy atom. The van der Waals surface area contributed by atoms with E-state index in [9.17, 15) is 4.79 Å².